The number of carboxylic acids is 1. The number of fused-ring (bicyclic) bond motifs is 3. The number of nitrogens with zero attached hydrogens (tertiary/aromatic N) is 5. The highest BCUT2D eigenvalue weighted by Crippen LogP contribution is 2.46. The van der Waals surface area contributed by atoms with Crippen molar-refractivity contribution >= 4 is 61.5 Å². The van der Waals surface area contributed by atoms with Gasteiger partial charge in [0.25, 0.3) is 10.2 Å². The average molecular weight is 939 g/mol. The molecule has 1 saturated carbocycles. The Bertz CT molecular complexity index is 2400. The molecule has 4 aliphatic rings. The predicted octanol–water partition coefficient (Wildman–Crippen LogP) is 5.41. The number of thiazole rings is 1. The molecule has 65 heavy (non-hydrogen) atoms. The third kappa shape index (κ3) is 10.8. The standard InChI is InChI=1S/C45H62N8O10S2/c1-27(2)46-42-48-35(26-64-42)34-22-37(31-17-16-29(61-7)20-33(31)47-34)62-30-21-36-39(54)50-45(41(56)57)23-28(45)14-11-9-8-10-12-15-32(40(55)53(36)24-30)49-43(58)63-38(44(3,4)5)25-52-19-13-18-51(6)65(52,59)60/h11,14,16-17,20,22,26-28,30,32,36,38H,8-10,12-13,15,18-19,21,23-25H2,1-7H3,(H,46,48)(H,49,58)(H,50,54)(H,56,57)/b14-11-/t28?,30-,32+,36+,38-,45-/m1/s1. The molecule has 1 aromatic carbocycles. The van der Waals surface area contributed by atoms with Gasteiger partial charge < -0.3 is 40.2 Å². The smallest absolute Gasteiger partial charge is 0.408 e. The second-order valence-electron chi connectivity index (χ2n) is 18.8. The summed E-state index contributed by atoms with van der Waals surface area (Å²) < 4.78 is 47.2. The van der Waals surface area contributed by atoms with Crippen LogP contribution in [0.3, 0.4) is 0 Å². The van der Waals surface area contributed by atoms with Crippen molar-refractivity contribution in [3.63, 3.8) is 0 Å². The molecule has 18 nitrogen and oxygen atoms in total. The Hall–Kier alpha value is -5.05. The van der Waals surface area contributed by atoms with Gasteiger partial charge in [-0.3, -0.25) is 9.59 Å². The molecular formula is C45H62N8O10S2. The first kappa shape index (κ1) is 47.9. The predicted molar refractivity (Wildman–Crippen MR) is 246 cm³/mol. The summed E-state index contributed by atoms with van der Waals surface area (Å²) in [5.74, 6) is -1.75. The molecule has 0 bridgehead atoms. The van der Waals surface area contributed by atoms with E-state index in [1.165, 1.54) is 31.9 Å². The van der Waals surface area contributed by atoms with Gasteiger partial charge in [0.1, 0.15) is 47.0 Å². The largest absolute Gasteiger partial charge is 0.497 e. The summed E-state index contributed by atoms with van der Waals surface area (Å²) in [5.41, 5.74) is -0.475. The van der Waals surface area contributed by atoms with Gasteiger partial charge in [0, 0.05) is 66.8 Å². The number of ether oxygens (including phenoxy) is 3. The average Bonchev–Trinajstić information content (AvgIpc) is 3.51. The minimum absolute atomic E-state index is 0.0181. The number of pyridine rings is 1. The number of allylic oxidation sites excluding steroid dienone is 1. The van der Waals surface area contributed by atoms with Gasteiger partial charge in [-0.25, -0.2) is 19.6 Å². The van der Waals surface area contributed by atoms with Crippen molar-refractivity contribution in [1.82, 2.24) is 34.1 Å². The van der Waals surface area contributed by atoms with Crippen molar-refractivity contribution < 1.29 is 46.9 Å². The van der Waals surface area contributed by atoms with Crippen LogP contribution in [0.4, 0.5) is 9.93 Å². The summed E-state index contributed by atoms with van der Waals surface area (Å²) in [5, 5.41) is 22.6. The van der Waals surface area contributed by atoms with Gasteiger partial charge in [0.05, 0.1) is 31.4 Å². The highest BCUT2D eigenvalue weighted by molar-refractivity contribution is 7.86. The Kier molecular flexibility index (Phi) is 14.3. The zero-order chi connectivity index (χ0) is 46.8. The molecule has 0 radical (unpaired) electrons. The molecule has 3 amide bonds. The van der Waals surface area contributed by atoms with Crippen LogP contribution in [0, 0.1) is 11.3 Å². The van der Waals surface area contributed by atoms with Crippen molar-refractivity contribution in [3.8, 4) is 22.9 Å². The Balaban J connectivity index is 1.19. The van der Waals surface area contributed by atoms with Gasteiger partial charge in [-0.1, -0.05) is 45.8 Å². The normalized spacial score (nSPS) is 26.5. The van der Waals surface area contributed by atoms with Crippen molar-refractivity contribution in [2.75, 3.05) is 45.7 Å². The van der Waals surface area contributed by atoms with Crippen molar-refractivity contribution in [2.24, 2.45) is 11.3 Å². The fourth-order valence-corrected chi connectivity index (χ4v) is 10.9. The molecule has 1 unspecified atom stereocenters. The van der Waals surface area contributed by atoms with Gasteiger partial charge in [0.2, 0.25) is 11.8 Å². The fourth-order valence-electron chi connectivity index (χ4n) is 8.62. The fraction of sp³-hybridized carbons (Fsp3) is 0.600. The molecule has 3 fully saturated rings. The van der Waals surface area contributed by atoms with Gasteiger partial charge in [-0.15, -0.1) is 11.3 Å². The SMILES string of the molecule is COc1ccc2c(O[C@@H]3C[C@H]4C(=O)N[C@]5(C(=O)O)CC5/C=C\CCCCC[C@H](NC(=O)O[C@H](CN5CCCN(C)S5(=O)=O)C(C)(C)C)C(=O)N4C3)cc(-c3csc(NC(C)C)n3)nc2c1. The Morgan fingerprint density at radius 2 is 1.86 bits per heavy atom. The van der Waals surface area contributed by atoms with Crippen LogP contribution in [-0.4, -0.2) is 137 Å². The lowest BCUT2D eigenvalue weighted by atomic mass is 9.89. The number of nitrogens with one attached hydrogen (secondary N) is 3. The topological polar surface area (TPSA) is 222 Å². The highest BCUT2D eigenvalue weighted by Gasteiger charge is 2.61. The van der Waals surface area contributed by atoms with E-state index in [0.29, 0.717) is 66.0 Å². The molecule has 2 saturated heterocycles. The molecule has 7 rings (SSSR count). The molecule has 0 spiro atoms. The number of rotatable bonds is 11. The van der Waals surface area contributed by atoms with Gasteiger partial charge in [-0.2, -0.15) is 17.0 Å². The van der Waals surface area contributed by atoms with Crippen LogP contribution in [0.1, 0.15) is 86.0 Å². The van der Waals surface area contributed by atoms with Crippen molar-refractivity contribution in [1.29, 1.82) is 0 Å². The molecule has 354 valence electrons. The lowest BCUT2D eigenvalue weighted by Crippen LogP contribution is -2.57. The second-order valence-corrected chi connectivity index (χ2v) is 21.7. The maximum atomic E-state index is 14.9. The monoisotopic (exact) mass is 938 g/mol. The number of anilines is 1. The van der Waals surface area contributed by atoms with Gasteiger partial charge in [-0.05, 0) is 58.1 Å². The number of carbonyl (C=O) groups is 4. The molecular weight excluding hydrogens is 877 g/mol. The number of hydrogen-bond donors (Lipinski definition) is 4. The molecule has 20 heteroatoms. The van der Waals surface area contributed by atoms with Crippen LogP contribution >= 0.6 is 11.3 Å². The number of carboxylic acid groups (broad SMARTS) is 1. The Morgan fingerprint density at radius 1 is 1.08 bits per heavy atom. The molecule has 4 N–H and O–H groups in total. The number of hydrogen-bond acceptors (Lipinski definition) is 13. The van der Waals surface area contributed by atoms with E-state index in [9.17, 15) is 32.7 Å². The van der Waals surface area contributed by atoms with Crippen LogP contribution in [0.5, 0.6) is 11.5 Å². The lowest BCUT2D eigenvalue weighted by Gasteiger charge is -2.38. The number of aliphatic carboxylic acids is 1. The first-order chi connectivity index (χ1) is 30.8. The van der Waals surface area contributed by atoms with Gasteiger partial charge in [0.15, 0.2) is 5.13 Å². The first-order valence-corrected chi connectivity index (χ1v) is 24.7. The molecule has 3 aromatic rings. The molecule has 3 aliphatic heterocycles. The van der Waals surface area contributed by atoms with Crippen LogP contribution in [-0.2, 0) is 29.3 Å². The summed E-state index contributed by atoms with van der Waals surface area (Å²) >= 11 is 1.44. The van der Waals surface area contributed by atoms with E-state index in [4.69, 9.17) is 24.2 Å². The molecule has 1 aliphatic carbocycles. The van der Waals surface area contributed by atoms with Crippen molar-refractivity contribution in [2.45, 2.75) is 122 Å². The van der Waals surface area contributed by atoms with E-state index in [1.54, 1.807) is 25.3 Å². The van der Waals surface area contributed by atoms with E-state index in [1.807, 2.05) is 58.2 Å². The summed E-state index contributed by atoms with van der Waals surface area (Å²) in [4.78, 5) is 67.0. The zero-order valence-electron chi connectivity index (χ0n) is 38.2. The maximum Gasteiger partial charge on any atom is 0.408 e. The Morgan fingerprint density at radius 3 is 2.58 bits per heavy atom. The van der Waals surface area contributed by atoms with Crippen LogP contribution in [0.15, 0.2) is 41.8 Å². The third-order valence-corrected chi connectivity index (χ3v) is 15.3. The second kappa shape index (κ2) is 19.4. The number of amides is 3. The van der Waals surface area contributed by atoms with E-state index in [2.05, 4.69) is 16.0 Å². The zero-order valence-corrected chi connectivity index (χ0v) is 39.8. The van der Waals surface area contributed by atoms with Crippen LogP contribution in [0.2, 0.25) is 0 Å². The van der Waals surface area contributed by atoms with E-state index in [0.717, 1.165) is 11.6 Å². The van der Waals surface area contributed by atoms with E-state index >= 15 is 0 Å². The first-order valence-electron chi connectivity index (χ1n) is 22.4. The number of methoxy groups -OCH3 is 1. The van der Waals surface area contributed by atoms with E-state index in [-0.39, 0.29) is 44.9 Å². The van der Waals surface area contributed by atoms with E-state index < -0.39 is 75.2 Å². The quantitative estimate of drug-likeness (QED) is 0.177. The Labute approximate surface area is 384 Å². The number of carbonyl (C=O) groups excluding carboxylic acids is 3. The maximum absolute atomic E-state index is 14.9. The number of aromatic nitrogens is 2. The minimum atomic E-state index is -3.76. The summed E-state index contributed by atoms with van der Waals surface area (Å²) in [6.07, 6.45) is 5.05. The summed E-state index contributed by atoms with van der Waals surface area (Å²) in [6, 6.07) is 5.05. The van der Waals surface area contributed by atoms with Crippen molar-refractivity contribution in [3.05, 3.63) is 41.8 Å². The molecule has 6 atom stereocenters. The third-order valence-electron chi connectivity index (χ3n) is 12.6. The number of alkyl carbamates (subject to hydrolysis) is 1. The highest BCUT2D eigenvalue weighted by atomic mass is 32.2. The van der Waals surface area contributed by atoms with Crippen LogP contribution in [0.25, 0.3) is 22.3 Å². The number of benzene rings is 1. The lowest BCUT2D eigenvalue weighted by molar-refractivity contribution is -0.145. The molecule has 5 heterocycles. The summed E-state index contributed by atoms with van der Waals surface area (Å²) in [6.45, 7) is 10.1. The summed E-state index contributed by atoms with van der Waals surface area (Å²) in [7, 11) is -0.681. The van der Waals surface area contributed by atoms with Gasteiger partial charge >= 0.3 is 12.1 Å². The van der Waals surface area contributed by atoms with Crippen LogP contribution < -0.4 is 25.4 Å². The molecule has 2 aromatic heterocycles. The minimum Gasteiger partial charge on any atom is -0.497 e.